The highest BCUT2D eigenvalue weighted by Crippen LogP contribution is 2.43. The van der Waals surface area contributed by atoms with Gasteiger partial charge in [-0.3, -0.25) is 9.59 Å². The number of aromatic nitrogens is 1. The zero-order valence-corrected chi connectivity index (χ0v) is 17.8. The van der Waals surface area contributed by atoms with Gasteiger partial charge in [-0.05, 0) is 31.4 Å². The number of carbonyl (C=O) groups excluding carboxylic acids is 2. The highest BCUT2D eigenvalue weighted by atomic mass is 79.9. The van der Waals surface area contributed by atoms with Gasteiger partial charge in [0.2, 0.25) is 5.78 Å². The molecule has 10 heteroatoms. The Morgan fingerprint density at radius 2 is 2.00 bits per heavy atom. The number of hydrogen-bond acceptors (Lipinski definition) is 6. The molecule has 2 aliphatic carbocycles. The van der Waals surface area contributed by atoms with Crippen LogP contribution in [0, 0.1) is 11.8 Å². The molecular weight excluding hydrogens is 471 g/mol. The van der Waals surface area contributed by atoms with Crippen molar-refractivity contribution in [2.24, 2.45) is 11.8 Å². The van der Waals surface area contributed by atoms with Gasteiger partial charge in [0.05, 0.1) is 30.3 Å². The SMILES string of the molecule is COCC(Br)COCc1nc(C(F)(F)F)ccc1C(=O)C1=C(O)C2CCC(C2)C1=O. The number of pyridine rings is 1. The lowest BCUT2D eigenvalue weighted by atomic mass is 9.83. The van der Waals surface area contributed by atoms with Crippen LogP contribution in [0.2, 0.25) is 0 Å². The van der Waals surface area contributed by atoms with E-state index in [-0.39, 0.29) is 52.5 Å². The van der Waals surface area contributed by atoms with E-state index in [9.17, 15) is 27.9 Å². The number of alkyl halides is 4. The zero-order valence-electron chi connectivity index (χ0n) is 16.2. The Morgan fingerprint density at radius 3 is 2.67 bits per heavy atom. The monoisotopic (exact) mass is 491 g/mol. The van der Waals surface area contributed by atoms with Crippen molar-refractivity contribution in [1.29, 1.82) is 0 Å². The number of halogens is 4. The minimum atomic E-state index is -4.70. The number of nitrogens with zero attached hydrogens (tertiary/aromatic N) is 1. The maximum atomic E-state index is 13.1. The number of carbonyl (C=O) groups is 2. The Kier molecular flexibility index (Phi) is 6.98. The standard InChI is InChI=1S/C20H21BrF3NO5/c1-29-7-12(21)8-30-9-14-13(4-5-15(25-14)20(22,23)24)19(28)16-17(26)10-2-3-11(6-10)18(16)27/h4-5,10-12,26H,2-3,6-9H2,1H3. The quantitative estimate of drug-likeness (QED) is 0.335. The van der Waals surface area contributed by atoms with Crippen LogP contribution in [0.5, 0.6) is 0 Å². The molecule has 2 bridgehead atoms. The molecule has 0 saturated heterocycles. The molecule has 0 aromatic carbocycles. The number of hydrogen-bond donors (Lipinski definition) is 1. The maximum absolute atomic E-state index is 13.1. The van der Waals surface area contributed by atoms with Crippen LogP contribution in [0.3, 0.4) is 0 Å². The Balaban J connectivity index is 1.92. The molecule has 0 radical (unpaired) electrons. The van der Waals surface area contributed by atoms with Gasteiger partial charge < -0.3 is 14.6 Å². The van der Waals surface area contributed by atoms with Crippen molar-refractivity contribution in [2.75, 3.05) is 20.3 Å². The van der Waals surface area contributed by atoms with Crippen LogP contribution < -0.4 is 0 Å². The molecule has 3 atom stereocenters. The molecule has 1 aromatic heterocycles. The second-order valence-electron chi connectivity index (χ2n) is 7.42. The summed E-state index contributed by atoms with van der Waals surface area (Å²) in [6, 6.07) is 1.68. The number of aliphatic hydroxyl groups is 1. The number of Topliss-reactive ketones (excluding diaryl/α,β-unsaturated/α-hetero) is 2. The predicted molar refractivity (Wildman–Crippen MR) is 103 cm³/mol. The summed E-state index contributed by atoms with van der Waals surface area (Å²) in [4.78, 5) is 29.1. The number of ether oxygens (including phenoxy) is 2. The maximum Gasteiger partial charge on any atom is 0.433 e. The molecular formula is C20H21BrF3NO5. The number of allylic oxidation sites excluding steroid dienone is 2. The Labute approximate surface area is 179 Å². The first-order valence-electron chi connectivity index (χ1n) is 9.43. The van der Waals surface area contributed by atoms with Gasteiger partial charge in [-0.25, -0.2) is 4.98 Å². The molecule has 30 heavy (non-hydrogen) atoms. The molecule has 2 aliphatic rings. The lowest BCUT2D eigenvalue weighted by Gasteiger charge is -2.21. The minimum absolute atomic E-state index is 0.108. The van der Waals surface area contributed by atoms with Crippen LogP contribution in [0.1, 0.15) is 41.0 Å². The molecule has 1 N–H and O–H groups in total. The fourth-order valence-corrected chi connectivity index (χ4v) is 4.31. The van der Waals surface area contributed by atoms with E-state index in [1.54, 1.807) is 0 Å². The van der Waals surface area contributed by atoms with Gasteiger partial charge in [-0.1, -0.05) is 15.9 Å². The summed E-state index contributed by atoms with van der Waals surface area (Å²) in [6.07, 6.45) is -3.02. The van der Waals surface area contributed by atoms with Gasteiger partial charge in [-0.2, -0.15) is 13.2 Å². The second-order valence-corrected chi connectivity index (χ2v) is 8.71. The summed E-state index contributed by atoms with van der Waals surface area (Å²) in [5.41, 5.74) is -1.93. The van der Waals surface area contributed by atoms with Crippen molar-refractivity contribution in [3.63, 3.8) is 0 Å². The van der Waals surface area contributed by atoms with Crippen LogP contribution >= 0.6 is 15.9 Å². The molecule has 1 heterocycles. The van der Waals surface area contributed by atoms with Crippen molar-refractivity contribution in [3.8, 4) is 0 Å². The number of fused-ring (bicyclic) bond motifs is 2. The smallest absolute Gasteiger partial charge is 0.433 e. The first kappa shape index (κ1) is 22.9. The van der Waals surface area contributed by atoms with Crippen LogP contribution in [0.4, 0.5) is 13.2 Å². The molecule has 0 spiro atoms. The van der Waals surface area contributed by atoms with Crippen molar-refractivity contribution < 1.29 is 37.3 Å². The fourth-order valence-electron chi connectivity index (χ4n) is 3.85. The van der Waals surface area contributed by atoms with Crippen molar-refractivity contribution in [3.05, 3.63) is 40.4 Å². The van der Waals surface area contributed by atoms with E-state index in [0.717, 1.165) is 6.07 Å². The van der Waals surface area contributed by atoms with Gasteiger partial charge in [0.15, 0.2) is 5.78 Å². The molecule has 3 rings (SSSR count). The summed E-state index contributed by atoms with van der Waals surface area (Å²) in [6.45, 7) is 0.0577. The van der Waals surface area contributed by atoms with Crippen LogP contribution in [-0.2, 0) is 27.1 Å². The average Bonchev–Trinajstić information content (AvgIpc) is 3.13. The van der Waals surface area contributed by atoms with Crippen LogP contribution in [0.25, 0.3) is 0 Å². The van der Waals surface area contributed by atoms with E-state index in [2.05, 4.69) is 20.9 Å². The second kappa shape index (κ2) is 9.15. The molecule has 6 nitrogen and oxygen atoms in total. The van der Waals surface area contributed by atoms with Crippen molar-refractivity contribution >= 4 is 27.5 Å². The topological polar surface area (TPSA) is 85.7 Å². The molecule has 1 fully saturated rings. The lowest BCUT2D eigenvalue weighted by molar-refractivity contribution is -0.141. The average molecular weight is 492 g/mol. The normalized spacial score (nSPS) is 22.5. The van der Waals surface area contributed by atoms with E-state index in [1.807, 2.05) is 0 Å². The predicted octanol–water partition coefficient (Wildman–Crippen LogP) is 4.02. The highest BCUT2D eigenvalue weighted by molar-refractivity contribution is 9.09. The van der Waals surface area contributed by atoms with Gasteiger partial charge in [-0.15, -0.1) is 0 Å². The number of rotatable bonds is 8. The number of aliphatic hydroxyl groups excluding tert-OH is 1. The molecule has 164 valence electrons. The Morgan fingerprint density at radius 1 is 1.30 bits per heavy atom. The van der Waals surface area contributed by atoms with Gasteiger partial charge in [0.1, 0.15) is 17.0 Å². The molecule has 1 aromatic rings. The molecule has 0 aliphatic heterocycles. The largest absolute Gasteiger partial charge is 0.511 e. The third-order valence-electron chi connectivity index (χ3n) is 5.31. The van der Waals surface area contributed by atoms with Gasteiger partial charge in [0, 0.05) is 24.5 Å². The van der Waals surface area contributed by atoms with Crippen molar-refractivity contribution in [1.82, 2.24) is 4.98 Å². The van der Waals surface area contributed by atoms with E-state index in [1.165, 1.54) is 7.11 Å². The summed E-state index contributed by atoms with van der Waals surface area (Å²) in [7, 11) is 1.49. The number of ketones is 2. The number of methoxy groups -OCH3 is 1. The highest BCUT2D eigenvalue weighted by Gasteiger charge is 2.44. The van der Waals surface area contributed by atoms with E-state index >= 15 is 0 Å². The van der Waals surface area contributed by atoms with Crippen LogP contribution in [-0.4, -0.2) is 46.8 Å². The third kappa shape index (κ3) is 4.76. The third-order valence-corrected chi connectivity index (χ3v) is 5.84. The lowest BCUT2D eigenvalue weighted by Crippen LogP contribution is -2.28. The Hall–Kier alpha value is -1.78. The molecule has 3 unspecified atom stereocenters. The van der Waals surface area contributed by atoms with Gasteiger partial charge >= 0.3 is 6.18 Å². The Bertz CT molecular complexity index is 870. The summed E-state index contributed by atoms with van der Waals surface area (Å²) >= 11 is 3.30. The zero-order chi connectivity index (χ0) is 22.1. The van der Waals surface area contributed by atoms with E-state index < -0.39 is 23.4 Å². The van der Waals surface area contributed by atoms with Gasteiger partial charge in [0.25, 0.3) is 0 Å². The van der Waals surface area contributed by atoms with Crippen LogP contribution in [0.15, 0.2) is 23.5 Å². The minimum Gasteiger partial charge on any atom is -0.511 e. The summed E-state index contributed by atoms with van der Waals surface area (Å²) in [5.74, 6) is -2.15. The van der Waals surface area contributed by atoms with E-state index in [0.29, 0.717) is 31.9 Å². The first-order valence-corrected chi connectivity index (χ1v) is 10.3. The van der Waals surface area contributed by atoms with E-state index in [4.69, 9.17) is 9.47 Å². The summed E-state index contributed by atoms with van der Waals surface area (Å²) < 4.78 is 49.7. The molecule has 0 amide bonds. The first-order chi connectivity index (χ1) is 14.1. The fraction of sp³-hybridized carbons (Fsp3) is 0.550. The van der Waals surface area contributed by atoms with Crippen molar-refractivity contribution in [2.45, 2.75) is 36.9 Å². The summed E-state index contributed by atoms with van der Waals surface area (Å²) in [5, 5.41) is 10.4. The molecule has 1 saturated carbocycles.